The van der Waals surface area contributed by atoms with Crippen molar-refractivity contribution in [1.29, 1.82) is 0 Å². The van der Waals surface area contributed by atoms with Gasteiger partial charge in [-0.25, -0.2) is 0 Å². The fraction of sp³-hybridized carbons (Fsp3) is 0.318. The zero-order valence-corrected chi connectivity index (χ0v) is 14.9. The molecule has 0 bridgehead atoms. The topological polar surface area (TPSA) is 34.0 Å². The lowest BCUT2D eigenvalue weighted by Crippen LogP contribution is -2.27. The maximum Gasteiger partial charge on any atom is 0.252 e. The highest BCUT2D eigenvalue weighted by atomic mass is 16.1. The van der Waals surface area contributed by atoms with Crippen LogP contribution >= 0.6 is 0 Å². The summed E-state index contributed by atoms with van der Waals surface area (Å²) in [6.45, 7) is 2.06. The summed E-state index contributed by atoms with van der Waals surface area (Å²) in [5.74, 6) is -0.0120. The second-order valence-electron chi connectivity index (χ2n) is 7.10. The van der Waals surface area contributed by atoms with Crippen molar-refractivity contribution >= 4 is 16.8 Å². The van der Waals surface area contributed by atoms with Gasteiger partial charge in [-0.2, -0.15) is 0 Å². The molecule has 3 aromatic rings. The van der Waals surface area contributed by atoms with E-state index in [1.54, 1.807) is 0 Å². The predicted molar refractivity (Wildman–Crippen MR) is 102 cm³/mol. The number of hydrogen-bond donors (Lipinski definition) is 1. The Morgan fingerprint density at radius 3 is 2.72 bits per heavy atom. The average molecular weight is 332 g/mol. The molecule has 1 aliphatic carbocycles. The van der Waals surface area contributed by atoms with Gasteiger partial charge >= 0.3 is 0 Å². The average Bonchev–Trinajstić information content (AvgIpc) is 3.02. The van der Waals surface area contributed by atoms with Crippen molar-refractivity contribution in [2.24, 2.45) is 7.05 Å². The Morgan fingerprint density at radius 1 is 1.08 bits per heavy atom. The minimum atomic E-state index is -0.0120. The molecule has 0 radical (unpaired) electrons. The number of carbonyl (C=O) groups is 1. The minimum Gasteiger partial charge on any atom is -0.351 e. The van der Waals surface area contributed by atoms with E-state index in [-0.39, 0.29) is 11.9 Å². The van der Waals surface area contributed by atoms with E-state index in [2.05, 4.69) is 30.4 Å². The van der Waals surface area contributed by atoms with E-state index in [9.17, 15) is 4.79 Å². The van der Waals surface area contributed by atoms with Crippen LogP contribution in [0.15, 0.2) is 48.7 Å². The Hall–Kier alpha value is -2.55. The van der Waals surface area contributed by atoms with Crippen LogP contribution in [0.5, 0.6) is 0 Å². The van der Waals surface area contributed by atoms with Crippen molar-refractivity contribution in [1.82, 2.24) is 9.88 Å². The number of aryl methyl sites for hydroxylation is 3. The molecular weight excluding hydrogens is 308 g/mol. The van der Waals surface area contributed by atoms with Crippen LogP contribution in [-0.2, 0) is 19.9 Å². The number of aromatic nitrogens is 1. The van der Waals surface area contributed by atoms with E-state index in [0.717, 1.165) is 22.9 Å². The fourth-order valence-corrected chi connectivity index (χ4v) is 3.88. The smallest absolute Gasteiger partial charge is 0.252 e. The fourth-order valence-electron chi connectivity index (χ4n) is 3.88. The van der Waals surface area contributed by atoms with Gasteiger partial charge in [0.05, 0.1) is 6.04 Å². The number of carbonyl (C=O) groups excluding carboxylic acids is 1. The Balaban J connectivity index is 1.57. The van der Waals surface area contributed by atoms with Gasteiger partial charge in [-0.1, -0.05) is 24.3 Å². The van der Waals surface area contributed by atoms with Gasteiger partial charge in [0.2, 0.25) is 0 Å². The summed E-state index contributed by atoms with van der Waals surface area (Å²) in [4.78, 5) is 12.8. The standard InChI is InChI=1S/C22H24N2O/c1-15(17-11-10-16-6-3-4-7-18(16)14-17)23-22(25)20-8-5-9-21-19(20)12-13-24(21)2/h5,8-15H,3-4,6-7H2,1-2H3,(H,23,25)/t15-/m0/s1. The predicted octanol–water partition coefficient (Wildman–Crippen LogP) is 4.55. The van der Waals surface area contributed by atoms with Crippen LogP contribution in [-0.4, -0.2) is 10.5 Å². The summed E-state index contributed by atoms with van der Waals surface area (Å²) in [6, 6.07) is 14.6. The summed E-state index contributed by atoms with van der Waals surface area (Å²) in [5.41, 5.74) is 5.93. The SMILES string of the molecule is C[C@H](NC(=O)c1cccc2c1ccn2C)c1ccc2c(c1)CCCC2. The second-order valence-corrected chi connectivity index (χ2v) is 7.10. The lowest BCUT2D eigenvalue weighted by molar-refractivity contribution is 0.0941. The molecule has 1 aromatic heterocycles. The first-order valence-electron chi connectivity index (χ1n) is 9.10. The van der Waals surface area contributed by atoms with Gasteiger partial charge in [-0.3, -0.25) is 4.79 Å². The van der Waals surface area contributed by atoms with E-state index < -0.39 is 0 Å². The molecule has 25 heavy (non-hydrogen) atoms. The van der Waals surface area contributed by atoms with E-state index in [4.69, 9.17) is 0 Å². The molecular formula is C22H24N2O. The lowest BCUT2D eigenvalue weighted by Gasteiger charge is -2.20. The van der Waals surface area contributed by atoms with Crippen LogP contribution in [0.3, 0.4) is 0 Å². The summed E-state index contributed by atoms with van der Waals surface area (Å²) in [7, 11) is 2.00. The van der Waals surface area contributed by atoms with Crippen LogP contribution in [0.25, 0.3) is 10.9 Å². The van der Waals surface area contributed by atoms with Crippen LogP contribution in [0.1, 0.15) is 52.9 Å². The molecule has 0 spiro atoms. The van der Waals surface area contributed by atoms with Crippen molar-refractivity contribution in [3.63, 3.8) is 0 Å². The van der Waals surface area contributed by atoms with E-state index in [1.165, 1.54) is 36.0 Å². The van der Waals surface area contributed by atoms with Gasteiger partial charge in [0, 0.05) is 29.7 Å². The summed E-state index contributed by atoms with van der Waals surface area (Å²) in [5, 5.41) is 4.17. The maximum absolute atomic E-state index is 12.8. The molecule has 2 aromatic carbocycles. The highest BCUT2D eigenvalue weighted by molar-refractivity contribution is 6.06. The molecule has 1 amide bonds. The normalized spacial score (nSPS) is 15.0. The number of benzene rings is 2. The van der Waals surface area contributed by atoms with Crippen LogP contribution in [0.2, 0.25) is 0 Å². The number of nitrogens with zero attached hydrogens (tertiary/aromatic N) is 1. The monoisotopic (exact) mass is 332 g/mol. The molecule has 3 heteroatoms. The molecule has 1 aliphatic rings. The summed E-state index contributed by atoms with van der Waals surface area (Å²) in [6.07, 6.45) is 6.90. The van der Waals surface area contributed by atoms with Gasteiger partial charge < -0.3 is 9.88 Å². The number of rotatable bonds is 3. The maximum atomic E-state index is 12.8. The lowest BCUT2D eigenvalue weighted by atomic mass is 9.89. The van der Waals surface area contributed by atoms with E-state index >= 15 is 0 Å². The molecule has 0 fully saturated rings. The number of fused-ring (bicyclic) bond motifs is 2. The molecule has 0 unspecified atom stereocenters. The van der Waals surface area contributed by atoms with Crippen molar-refractivity contribution in [2.75, 3.05) is 0 Å². The first-order chi connectivity index (χ1) is 12.1. The Bertz CT molecular complexity index is 938. The molecule has 1 atom stereocenters. The first-order valence-corrected chi connectivity index (χ1v) is 9.10. The third-order valence-corrected chi connectivity index (χ3v) is 5.39. The quantitative estimate of drug-likeness (QED) is 0.750. The Labute approximate surface area is 148 Å². The van der Waals surface area contributed by atoms with Crippen molar-refractivity contribution < 1.29 is 4.79 Å². The van der Waals surface area contributed by atoms with Gasteiger partial charge in [0.15, 0.2) is 0 Å². The summed E-state index contributed by atoms with van der Waals surface area (Å²) < 4.78 is 2.04. The first kappa shape index (κ1) is 15.9. The van der Waals surface area contributed by atoms with Crippen molar-refractivity contribution in [3.05, 3.63) is 70.9 Å². The highest BCUT2D eigenvalue weighted by Gasteiger charge is 2.16. The largest absolute Gasteiger partial charge is 0.351 e. The summed E-state index contributed by atoms with van der Waals surface area (Å²) >= 11 is 0. The van der Waals surface area contributed by atoms with Gasteiger partial charge in [0.25, 0.3) is 5.91 Å². The zero-order valence-electron chi connectivity index (χ0n) is 14.9. The molecule has 0 aliphatic heterocycles. The molecule has 1 N–H and O–H groups in total. The third kappa shape index (κ3) is 2.95. The van der Waals surface area contributed by atoms with Crippen LogP contribution in [0, 0.1) is 0 Å². The van der Waals surface area contributed by atoms with Gasteiger partial charge in [-0.15, -0.1) is 0 Å². The molecule has 1 heterocycles. The van der Waals surface area contributed by atoms with Crippen molar-refractivity contribution in [3.8, 4) is 0 Å². The number of amides is 1. The molecule has 0 saturated carbocycles. The number of nitrogens with one attached hydrogen (secondary N) is 1. The van der Waals surface area contributed by atoms with Crippen molar-refractivity contribution in [2.45, 2.75) is 38.6 Å². The Kier molecular flexibility index (Phi) is 4.08. The van der Waals surface area contributed by atoms with Crippen LogP contribution < -0.4 is 5.32 Å². The molecule has 4 rings (SSSR count). The van der Waals surface area contributed by atoms with Gasteiger partial charge in [-0.05, 0) is 67.5 Å². The van der Waals surface area contributed by atoms with Gasteiger partial charge in [0.1, 0.15) is 0 Å². The third-order valence-electron chi connectivity index (χ3n) is 5.39. The Morgan fingerprint density at radius 2 is 1.88 bits per heavy atom. The number of hydrogen-bond acceptors (Lipinski definition) is 1. The molecule has 3 nitrogen and oxygen atoms in total. The van der Waals surface area contributed by atoms with E-state index in [0.29, 0.717) is 0 Å². The second kappa shape index (κ2) is 6.40. The molecule has 128 valence electrons. The zero-order chi connectivity index (χ0) is 17.4. The van der Waals surface area contributed by atoms with E-state index in [1.807, 2.05) is 42.1 Å². The van der Waals surface area contributed by atoms with Crippen LogP contribution in [0.4, 0.5) is 0 Å². The molecule has 0 saturated heterocycles. The highest BCUT2D eigenvalue weighted by Crippen LogP contribution is 2.25. The minimum absolute atomic E-state index is 0.00121.